The molecule has 0 amide bonds. The summed E-state index contributed by atoms with van der Waals surface area (Å²) in [5.74, 6) is -0.0381. The molecule has 2 aromatic rings. The predicted molar refractivity (Wildman–Crippen MR) is 55.6 cm³/mol. The van der Waals surface area contributed by atoms with Crippen LogP contribution in [0.5, 0.6) is 5.75 Å². The van der Waals surface area contributed by atoms with Crippen molar-refractivity contribution in [2.75, 3.05) is 0 Å². The number of hydrogen-bond donors (Lipinski definition) is 1. The quantitative estimate of drug-likeness (QED) is 0.774. The van der Waals surface area contributed by atoms with Gasteiger partial charge in [0, 0.05) is 23.9 Å². The zero-order chi connectivity index (χ0) is 10.1. The first-order valence-electron chi connectivity index (χ1n) is 4.42. The Bertz CT molecular complexity index is 506. The Morgan fingerprint density at radius 3 is 2.47 bits per heavy atom. The van der Waals surface area contributed by atoms with E-state index in [0.717, 1.165) is 10.8 Å². The van der Waals surface area contributed by atoms with Crippen molar-refractivity contribution in [2.45, 2.75) is 6.92 Å². The van der Waals surface area contributed by atoms with Crippen molar-refractivity contribution in [2.24, 2.45) is 0 Å². The molecule has 2 nitrogen and oxygen atoms in total. The molecule has 2 rings (SSSR count). The zero-order valence-electron chi connectivity index (χ0n) is 8.27. The maximum Gasteiger partial charge on any atom is 0.163 e. The normalized spacial score (nSPS) is 9.67. The van der Waals surface area contributed by atoms with E-state index >= 15 is 0 Å². The molecule has 0 aliphatic rings. The van der Waals surface area contributed by atoms with Gasteiger partial charge in [-0.25, -0.2) is 0 Å². The Labute approximate surface area is 99.8 Å². The summed E-state index contributed by atoms with van der Waals surface area (Å²) in [5, 5.41) is 11.5. The van der Waals surface area contributed by atoms with E-state index in [0.29, 0.717) is 5.56 Å². The first-order chi connectivity index (χ1) is 6.70. The van der Waals surface area contributed by atoms with Crippen LogP contribution < -0.4 is 0 Å². The molecule has 0 bridgehead atoms. The summed E-state index contributed by atoms with van der Waals surface area (Å²) in [6.07, 6.45) is 0. The number of carbonyl (C=O) groups excluding carboxylic acids is 1. The third-order valence-corrected chi connectivity index (χ3v) is 2.28. The zero-order valence-corrected chi connectivity index (χ0v) is 9.66. The van der Waals surface area contributed by atoms with E-state index in [1.807, 2.05) is 24.3 Å². The van der Waals surface area contributed by atoms with Crippen LogP contribution in [0.15, 0.2) is 36.4 Å². The van der Waals surface area contributed by atoms with Crippen molar-refractivity contribution < 1.29 is 28.5 Å². The Kier molecular flexibility index (Phi) is 3.56. The summed E-state index contributed by atoms with van der Waals surface area (Å²) in [5.41, 5.74) is 0.378. The van der Waals surface area contributed by atoms with E-state index in [4.69, 9.17) is 0 Å². The molecule has 0 atom stereocenters. The van der Waals surface area contributed by atoms with Gasteiger partial charge in [0.15, 0.2) is 5.78 Å². The molecular weight excluding hydrogens is 227 g/mol. The van der Waals surface area contributed by atoms with Gasteiger partial charge in [-0.15, -0.1) is 0 Å². The van der Waals surface area contributed by atoms with Crippen molar-refractivity contribution >= 4 is 16.6 Å². The molecule has 75 valence electrons. The number of fused-ring (bicyclic) bond motifs is 1. The van der Waals surface area contributed by atoms with E-state index in [9.17, 15) is 9.90 Å². The topological polar surface area (TPSA) is 37.3 Å². The number of carbonyl (C=O) groups is 1. The number of ketones is 1. The molecular formula is C12H10O2V. The van der Waals surface area contributed by atoms with E-state index in [1.54, 1.807) is 12.1 Å². The van der Waals surface area contributed by atoms with Crippen LogP contribution in [0.25, 0.3) is 10.8 Å². The average Bonchev–Trinajstić information content (AvgIpc) is 2.18. The smallest absolute Gasteiger partial charge is 0.163 e. The summed E-state index contributed by atoms with van der Waals surface area (Å²) >= 11 is 0. The third kappa shape index (κ3) is 2.06. The fourth-order valence-electron chi connectivity index (χ4n) is 1.54. The molecule has 1 radical (unpaired) electrons. The second-order valence-corrected chi connectivity index (χ2v) is 3.24. The molecule has 0 aliphatic carbocycles. The van der Waals surface area contributed by atoms with Gasteiger partial charge < -0.3 is 5.11 Å². The Hall–Kier alpha value is -1.25. The van der Waals surface area contributed by atoms with E-state index in [1.165, 1.54) is 6.92 Å². The van der Waals surface area contributed by atoms with Gasteiger partial charge in [-0.3, -0.25) is 4.79 Å². The molecule has 0 saturated heterocycles. The Morgan fingerprint density at radius 1 is 1.13 bits per heavy atom. The van der Waals surface area contributed by atoms with E-state index in [-0.39, 0.29) is 30.1 Å². The van der Waals surface area contributed by atoms with Crippen LogP contribution in [0.3, 0.4) is 0 Å². The van der Waals surface area contributed by atoms with Gasteiger partial charge in [0.2, 0.25) is 0 Å². The van der Waals surface area contributed by atoms with Gasteiger partial charge in [0.1, 0.15) is 5.75 Å². The van der Waals surface area contributed by atoms with Gasteiger partial charge in [-0.1, -0.05) is 30.3 Å². The summed E-state index contributed by atoms with van der Waals surface area (Å²) in [6, 6.07) is 10.9. The van der Waals surface area contributed by atoms with Crippen LogP contribution in [-0.2, 0) is 18.6 Å². The fraction of sp³-hybridized carbons (Fsp3) is 0.0833. The number of phenols is 1. The van der Waals surface area contributed by atoms with Crippen LogP contribution >= 0.6 is 0 Å². The number of hydrogen-bond acceptors (Lipinski definition) is 2. The number of Topliss-reactive ketones (excluding diaryl/α,β-unsaturated/α-hetero) is 1. The molecule has 15 heavy (non-hydrogen) atoms. The molecule has 0 unspecified atom stereocenters. The molecule has 0 aromatic heterocycles. The summed E-state index contributed by atoms with van der Waals surface area (Å²) in [4.78, 5) is 11.1. The second-order valence-electron chi connectivity index (χ2n) is 3.24. The van der Waals surface area contributed by atoms with Crippen LogP contribution in [0.1, 0.15) is 17.3 Å². The minimum absolute atomic E-state index is 0. The fourth-order valence-corrected chi connectivity index (χ4v) is 1.54. The van der Waals surface area contributed by atoms with Gasteiger partial charge >= 0.3 is 0 Å². The molecule has 1 N–H and O–H groups in total. The SMILES string of the molecule is CC(=O)c1ccc2ccccc2c1O.[V]. The van der Waals surface area contributed by atoms with Crippen molar-refractivity contribution in [1.29, 1.82) is 0 Å². The van der Waals surface area contributed by atoms with Crippen molar-refractivity contribution in [3.63, 3.8) is 0 Å². The minimum Gasteiger partial charge on any atom is -0.507 e. The minimum atomic E-state index is -0.117. The molecule has 0 saturated carbocycles. The second kappa shape index (κ2) is 4.52. The van der Waals surface area contributed by atoms with Crippen LogP contribution in [0.4, 0.5) is 0 Å². The molecule has 0 aliphatic heterocycles. The van der Waals surface area contributed by atoms with Gasteiger partial charge in [0.05, 0.1) is 5.56 Å². The molecule has 0 fully saturated rings. The third-order valence-electron chi connectivity index (χ3n) is 2.28. The number of rotatable bonds is 1. The summed E-state index contributed by atoms with van der Waals surface area (Å²) in [6.45, 7) is 1.45. The number of phenolic OH excluding ortho intramolecular Hbond substituents is 1. The van der Waals surface area contributed by atoms with Gasteiger partial charge in [0.25, 0.3) is 0 Å². The summed E-state index contributed by atoms with van der Waals surface area (Å²) in [7, 11) is 0. The first kappa shape index (κ1) is 11.8. The van der Waals surface area contributed by atoms with Crippen LogP contribution in [-0.4, -0.2) is 10.9 Å². The molecule has 3 heteroatoms. The van der Waals surface area contributed by atoms with E-state index < -0.39 is 0 Å². The molecule has 0 heterocycles. The van der Waals surface area contributed by atoms with Gasteiger partial charge in [-0.05, 0) is 18.4 Å². The van der Waals surface area contributed by atoms with E-state index in [2.05, 4.69) is 0 Å². The molecule has 2 aromatic carbocycles. The number of aromatic hydroxyl groups is 1. The largest absolute Gasteiger partial charge is 0.507 e. The van der Waals surface area contributed by atoms with Crippen molar-refractivity contribution in [3.05, 3.63) is 42.0 Å². The summed E-state index contributed by atoms with van der Waals surface area (Å²) < 4.78 is 0. The predicted octanol–water partition coefficient (Wildman–Crippen LogP) is 2.75. The van der Waals surface area contributed by atoms with Crippen LogP contribution in [0.2, 0.25) is 0 Å². The standard InChI is InChI=1S/C12H10O2.V/c1-8(13)10-7-6-9-4-2-3-5-11(9)12(10)14;/h2-7,14H,1H3;. The molecule has 0 spiro atoms. The van der Waals surface area contributed by atoms with Crippen molar-refractivity contribution in [1.82, 2.24) is 0 Å². The monoisotopic (exact) mass is 237 g/mol. The number of benzene rings is 2. The Morgan fingerprint density at radius 2 is 1.80 bits per heavy atom. The maximum absolute atomic E-state index is 11.1. The maximum atomic E-state index is 11.1. The first-order valence-corrected chi connectivity index (χ1v) is 4.42. The van der Waals surface area contributed by atoms with Crippen LogP contribution in [0, 0.1) is 0 Å². The van der Waals surface area contributed by atoms with Gasteiger partial charge in [-0.2, -0.15) is 0 Å². The van der Waals surface area contributed by atoms with Crippen molar-refractivity contribution in [3.8, 4) is 5.75 Å². The Balaban J connectivity index is 0.00000112. The average molecular weight is 237 g/mol.